The third-order valence-electron chi connectivity index (χ3n) is 4.36. The van der Waals surface area contributed by atoms with Crippen molar-refractivity contribution in [3.8, 4) is 0 Å². The molecule has 0 aromatic heterocycles. The van der Waals surface area contributed by atoms with Gasteiger partial charge in [0.2, 0.25) is 0 Å². The molecule has 3 rings (SSSR count). The molecular formula is C15H21N3O3S. The molecule has 6 nitrogen and oxygen atoms in total. The molecule has 0 spiro atoms. The fourth-order valence-electron chi connectivity index (χ4n) is 2.91. The monoisotopic (exact) mass is 323 g/mol. The van der Waals surface area contributed by atoms with Crippen LogP contribution in [0.3, 0.4) is 0 Å². The Morgan fingerprint density at radius 3 is 2.73 bits per heavy atom. The van der Waals surface area contributed by atoms with E-state index in [-0.39, 0.29) is 5.91 Å². The standard InChI is InChI=1S/C15H21N3O3S/c1-11-5-8-18(9-6-11)22(20,21)17-13-3-2-12-4-7-16-15(19)14(12)10-13/h2-3,10-11,17H,4-9H2,1H3,(H,16,19). The predicted molar refractivity (Wildman–Crippen MR) is 85.0 cm³/mol. The van der Waals surface area contributed by atoms with Crippen molar-refractivity contribution in [3.05, 3.63) is 29.3 Å². The zero-order valence-corrected chi connectivity index (χ0v) is 13.4. The van der Waals surface area contributed by atoms with Crippen LogP contribution in [0.15, 0.2) is 18.2 Å². The Labute approximate surface area is 131 Å². The number of hydrogen-bond acceptors (Lipinski definition) is 3. The van der Waals surface area contributed by atoms with Crippen LogP contribution >= 0.6 is 0 Å². The molecule has 2 aliphatic heterocycles. The van der Waals surface area contributed by atoms with Crippen molar-refractivity contribution in [2.24, 2.45) is 5.92 Å². The van der Waals surface area contributed by atoms with Gasteiger partial charge in [0.25, 0.3) is 5.91 Å². The third kappa shape index (κ3) is 3.10. The van der Waals surface area contributed by atoms with Gasteiger partial charge in [-0.25, -0.2) is 0 Å². The summed E-state index contributed by atoms with van der Waals surface area (Å²) >= 11 is 0. The van der Waals surface area contributed by atoms with Crippen molar-refractivity contribution in [1.82, 2.24) is 9.62 Å². The Kier molecular flexibility index (Phi) is 4.10. The molecule has 0 radical (unpaired) electrons. The Balaban J connectivity index is 1.78. The Bertz CT molecular complexity index is 679. The molecule has 7 heteroatoms. The van der Waals surface area contributed by atoms with Gasteiger partial charge >= 0.3 is 10.2 Å². The van der Waals surface area contributed by atoms with Crippen molar-refractivity contribution in [2.75, 3.05) is 24.4 Å². The average molecular weight is 323 g/mol. The van der Waals surface area contributed by atoms with E-state index >= 15 is 0 Å². The number of piperidine rings is 1. The van der Waals surface area contributed by atoms with Crippen LogP contribution in [0, 0.1) is 5.92 Å². The molecule has 2 heterocycles. The van der Waals surface area contributed by atoms with Gasteiger partial charge in [0.05, 0.1) is 5.69 Å². The van der Waals surface area contributed by atoms with Gasteiger partial charge in [-0.1, -0.05) is 13.0 Å². The van der Waals surface area contributed by atoms with E-state index in [0.29, 0.717) is 36.8 Å². The molecule has 0 unspecified atom stereocenters. The summed E-state index contributed by atoms with van der Waals surface area (Å²) in [4.78, 5) is 11.8. The number of amides is 1. The van der Waals surface area contributed by atoms with Crippen molar-refractivity contribution in [2.45, 2.75) is 26.2 Å². The highest BCUT2D eigenvalue weighted by atomic mass is 32.2. The van der Waals surface area contributed by atoms with Crippen molar-refractivity contribution < 1.29 is 13.2 Å². The van der Waals surface area contributed by atoms with E-state index in [2.05, 4.69) is 17.0 Å². The molecule has 2 aliphatic rings. The first kappa shape index (κ1) is 15.3. The SMILES string of the molecule is CC1CCN(S(=O)(=O)Nc2ccc3c(c2)C(=O)NCC3)CC1. The largest absolute Gasteiger partial charge is 0.352 e. The van der Waals surface area contributed by atoms with Gasteiger partial charge in [0.1, 0.15) is 0 Å². The van der Waals surface area contributed by atoms with E-state index in [1.165, 1.54) is 4.31 Å². The lowest BCUT2D eigenvalue weighted by Gasteiger charge is -2.29. The van der Waals surface area contributed by atoms with E-state index in [0.717, 1.165) is 24.8 Å². The Hall–Kier alpha value is -1.60. The van der Waals surface area contributed by atoms with Crippen LogP contribution in [0.25, 0.3) is 0 Å². The maximum absolute atomic E-state index is 12.4. The van der Waals surface area contributed by atoms with Crippen molar-refractivity contribution >= 4 is 21.8 Å². The second-order valence-electron chi connectivity index (χ2n) is 6.07. The van der Waals surface area contributed by atoms with Crippen LogP contribution in [0.1, 0.15) is 35.7 Å². The molecule has 1 fully saturated rings. The summed E-state index contributed by atoms with van der Waals surface area (Å²) in [5.41, 5.74) is 1.95. The summed E-state index contributed by atoms with van der Waals surface area (Å²) in [6.45, 7) is 3.85. The van der Waals surface area contributed by atoms with E-state index in [1.54, 1.807) is 12.1 Å². The van der Waals surface area contributed by atoms with Crippen LogP contribution < -0.4 is 10.0 Å². The summed E-state index contributed by atoms with van der Waals surface area (Å²) < 4.78 is 28.9. The lowest BCUT2D eigenvalue weighted by molar-refractivity contribution is 0.0946. The summed E-state index contributed by atoms with van der Waals surface area (Å²) in [5, 5.41) is 2.77. The molecule has 1 aromatic rings. The van der Waals surface area contributed by atoms with E-state index in [1.807, 2.05) is 6.07 Å². The number of nitrogens with zero attached hydrogens (tertiary/aromatic N) is 1. The van der Waals surface area contributed by atoms with Crippen molar-refractivity contribution in [1.29, 1.82) is 0 Å². The molecule has 1 aromatic carbocycles. The highest BCUT2D eigenvalue weighted by molar-refractivity contribution is 7.90. The summed E-state index contributed by atoms with van der Waals surface area (Å²) in [6.07, 6.45) is 2.54. The first-order valence-corrected chi connectivity index (χ1v) is 9.09. The molecule has 0 saturated carbocycles. The fraction of sp³-hybridized carbons (Fsp3) is 0.533. The molecule has 0 aliphatic carbocycles. The number of hydrogen-bond donors (Lipinski definition) is 2. The van der Waals surface area contributed by atoms with E-state index in [4.69, 9.17) is 0 Å². The van der Waals surface area contributed by atoms with Gasteiger partial charge in [-0.3, -0.25) is 9.52 Å². The molecule has 1 saturated heterocycles. The lowest BCUT2D eigenvalue weighted by Crippen LogP contribution is -2.41. The van der Waals surface area contributed by atoms with Gasteiger partial charge in [0, 0.05) is 25.2 Å². The van der Waals surface area contributed by atoms with Gasteiger partial charge in [-0.05, 0) is 42.9 Å². The summed E-state index contributed by atoms with van der Waals surface area (Å²) in [5.74, 6) is 0.424. The number of anilines is 1. The molecule has 0 atom stereocenters. The number of carbonyl (C=O) groups excluding carboxylic acids is 1. The van der Waals surface area contributed by atoms with Crippen LogP contribution in [0.5, 0.6) is 0 Å². The van der Waals surface area contributed by atoms with Gasteiger partial charge < -0.3 is 5.32 Å². The van der Waals surface area contributed by atoms with Crippen LogP contribution in [-0.2, 0) is 16.6 Å². The van der Waals surface area contributed by atoms with Gasteiger partial charge in [-0.2, -0.15) is 12.7 Å². The highest BCUT2D eigenvalue weighted by Crippen LogP contribution is 2.23. The zero-order valence-electron chi connectivity index (χ0n) is 12.6. The van der Waals surface area contributed by atoms with Crippen LogP contribution in [0.4, 0.5) is 5.69 Å². The minimum absolute atomic E-state index is 0.144. The number of benzene rings is 1. The number of rotatable bonds is 3. The van der Waals surface area contributed by atoms with Crippen molar-refractivity contribution in [3.63, 3.8) is 0 Å². The van der Waals surface area contributed by atoms with Crippen LogP contribution in [0.2, 0.25) is 0 Å². The van der Waals surface area contributed by atoms with Crippen LogP contribution in [-0.4, -0.2) is 38.3 Å². The molecule has 22 heavy (non-hydrogen) atoms. The predicted octanol–water partition coefficient (Wildman–Crippen LogP) is 1.36. The zero-order chi connectivity index (χ0) is 15.7. The molecule has 0 bridgehead atoms. The van der Waals surface area contributed by atoms with Gasteiger partial charge in [-0.15, -0.1) is 0 Å². The lowest BCUT2D eigenvalue weighted by atomic mass is 10.00. The fourth-order valence-corrected chi connectivity index (χ4v) is 4.16. The molecule has 1 amide bonds. The van der Waals surface area contributed by atoms with Gasteiger partial charge in [0.15, 0.2) is 0 Å². The molecule has 120 valence electrons. The second-order valence-corrected chi connectivity index (χ2v) is 7.74. The normalized spacial score (nSPS) is 20.3. The quantitative estimate of drug-likeness (QED) is 0.881. The summed E-state index contributed by atoms with van der Waals surface area (Å²) in [7, 11) is -3.55. The Morgan fingerprint density at radius 1 is 1.27 bits per heavy atom. The third-order valence-corrected chi connectivity index (χ3v) is 5.90. The molecular weight excluding hydrogens is 302 g/mol. The number of fused-ring (bicyclic) bond motifs is 1. The molecule has 2 N–H and O–H groups in total. The first-order chi connectivity index (χ1) is 10.5. The van der Waals surface area contributed by atoms with E-state index < -0.39 is 10.2 Å². The summed E-state index contributed by atoms with van der Waals surface area (Å²) in [6, 6.07) is 5.17. The minimum Gasteiger partial charge on any atom is -0.352 e. The maximum Gasteiger partial charge on any atom is 0.301 e. The average Bonchev–Trinajstić information content (AvgIpc) is 2.48. The highest BCUT2D eigenvalue weighted by Gasteiger charge is 2.27. The smallest absolute Gasteiger partial charge is 0.301 e. The first-order valence-electron chi connectivity index (χ1n) is 7.65. The maximum atomic E-state index is 12.4. The Morgan fingerprint density at radius 2 is 2.00 bits per heavy atom. The minimum atomic E-state index is -3.55. The number of carbonyl (C=O) groups is 1. The second kappa shape index (κ2) is 5.89. The topological polar surface area (TPSA) is 78.5 Å². The number of nitrogens with one attached hydrogen (secondary N) is 2. The van der Waals surface area contributed by atoms with E-state index in [9.17, 15) is 13.2 Å².